The number of anilines is 1. The van der Waals surface area contributed by atoms with Crippen molar-refractivity contribution in [1.29, 1.82) is 0 Å². The number of ketones is 1. The number of hydrogen-bond acceptors (Lipinski definition) is 5. The summed E-state index contributed by atoms with van der Waals surface area (Å²) >= 11 is 0. The molecule has 4 rings (SSSR count). The van der Waals surface area contributed by atoms with Crippen LogP contribution in [0.5, 0.6) is 0 Å². The number of aryl methyl sites for hydroxylation is 1. The van der Waals surface area contributed by atoms with Gasteiger partial charge in [-0.25, -0.2) is 8.42 Å². The molecule has 0 aromatic heterocycles. The third-order valence-electron chi connectivity index (χ3n) is 8.04. The Morgan fingerprint density at radius 2 is 1.58 bits per heavy atom. The Labute approximate surface area is 255 Å². The van der Waals surface area contributed by atoms with E-state index in [4.69, 9.17) is 0 Å². The van der Waals surface area contributed by atoms with E-state index in [1.54, 1.807) is 18.2 Å². The van der Waals surface area contributed by atoms with Gasteiger partial charge in [0.05, 0.1) is 11.9 Å². The molecule has 0 aliphatic heterocycles. The number of rotatable bonds is 12. The molecule has 9 heteroatoms. The van der Waals surface area contributed by atoms with Crippen LogP contribution < -0.4 is 9.62 Å². The summed E-state index contributed by atoms with van der Waals surface area (Å²) in [6, 6.07) is 22.6. The average molecular weight is 604 g/mol. The molecule has 1 saturated carbocycles. The highest BCUT2D eigenvalue weighted by atomic mass is 32.2. The fourth-order valence-corrected chi connectivity index (χ4v) is 6.40. The fraction of sp³-hybridized carbons (Fsp3) is 0.382. The number of hydrogen-bond donors (Lipinski definition) is 1. The molecular formula is C34H41N3O5S. The zero-order valence-corrected chi connectivity index (χ0v) is 26.0. The van der Waals surface area contributed by atoms with Gasteiger partial charge in [-0.3, -0.25) is 18.7 Å². The van der Waals surface area contributed by atoms with E-state index >= 15 is 0 Å². The highest BCUT2D eigenvalue weighted by molar-refractivity contribution is 7.92. The minimum Gasteiger partial charge on any atom is -0.352 e. The summed E-state index contributed by atoms with van der Waals surface area (Å²) in [7, 11) is -3.92. The zero-order chi connectivity index (χ0) is 31.0. The molecule has 1 N–H and O–H groups in total. The first-order valence-electron chi connectivity index (χ1n) is 14.8. The van der Waals surface area contributed by atoms with Crippen LogP contribution in [0.3, 0.4) is 0 Å². The van der Waals surface area contributed by atoms with Gasteiger partial charge in [0.25, 0.3) is 0 Å². The van der Waals surface area contributed by atoms with Crippen molar-refractivity contribution in [2.24, 2.45) is 0 Å². The van der Waals surface area contributed by atoms with Crippen molar-refractivity contribution in [3.63, 3.8) is 0 Å². The van der Waals surface area contributed by atoms with E-state index < -0.39 is 28.5 Å². The Bertz CT molecular complexity index is 1530. The molecule has 2 amide bonds. The molecule has 43 heavy (non-hydrogen) atoms. The third kappa shape index (κ3) is 8.76. The maximum Gasteiger partial charge on any atom is 0.244 e. The molecule has 1 unspecified atom stereocenters. The van der Waals surface area contributed by atoms with Crippen LogP contribution in [0.2, 0.25) is 0 Å². The van der Waals surface area contributed by atoms with E-state index in [0.29, 0.717) is 5.56 Å². The minimum absolute atomic E-state index is 0.0387. The molecule has 1 aliphatic carbocycles. The highest BCUT2D eigenvalue weighted by Gasteiger charge is 2.34. The molecule has 1 atom stereocenters. The van der Waals surface area contributed by atoms with E-state index in [1.807, 2.05) is 61.5 Å². The second-order valence-corrected chi connectivity index (χ2v) is 13.3. The predicted molar refractivity (Wildman–Crippen MR) is 169 cm³/mol. The zero-order valence-electron chi connectivity index (χ0n) is 25.2. The molecule has 228 valence electrons. The van der Waals surface area contributed by atoms with Gasteiger partial charge in [-0.2, -0.15) is 0 Å². The van der Waals surface area contributed by atoms with Crippen molar-refractivity contribution < 1.29 is 22.8 Å². The lowest BCUT2D eigenvalue weighted by Crippen LogP contribution is -2.55. The van der Waals surface area contributed by atoms with Gasteiger partial charge in [-0.1, -0.05) is 86.0 Å². The lowest BCUT2D eigenvalue weighted by atomic mass is 9.94. The van der Waals surface area contributed by atoms with Crippen molar-refractivity contribution in [3.05, 3.63) is 101 Å². The van der Waals surface area contributed by atoms with Crippen molar-refractivity contribution in [1.82, 2.24) is 10.2 Å². The van der Waals surface area contributed by atoms with Crippen LogP contribution in [-0.2, 0) is 32.6 Å². The number of amides is 2. The van der Waals surface area contributed by atoms with Crippen molar-refractivity contribution in [2.45, 2.75) is 71.0 Å². The molecule has 0 saturated heterocycles. The summed E-state index contributed by atoms with van der Waals surface area (Å²) in [6.07, 6.45) is 6.32. The largest absolute Gasteiger partial charge is 0.352 e. The molecule has 0 bridgehead atoms. The summed E-state index contributed by atoms with van der Waals surface area (Å²) in [6.45, 7) is 2.96. The molecule has 8 nitrogen and oxygen atoms in total. The number of nitrogens with zero attached hydrogens (tertiary/aromatic N) is 2. The molecule has 1 fully saturated rings. The van der Waals surface area contributed by atoms with Crippen LogP contribution in [0.4, 0.5) is 5.69 Å². The molecular weight excluding hydrogens is 562 g/mol. The molecule has 0 heterocycles. The lowest BCUT2D eigenvalue weighted by molar-refractivity contribution is -0.140. The minimum atomic E-state index is -3.92. The van der Waals surface area contributed by atoms with Crippen LogP contribution in [0.1, 0.15) is 66.1 Å². The maximum absolute atomic E-state index is 14.3. The average Bonchev–Trinajstić information content (AvgIpc) is 2.99. The molecule has 3 aromatic carbocycles. The predicted octanol–water partition coefficient (Wildman–Crippen LogP) is 5.05. The molecule has 3 aromatic rings. The first-order valence-corrected chi connectivity index (χ1v) is 16.6. The molecule has 0 spiro atoms. The summed E-state index contributed by atoms with van der Waals surface area (Å²) in [4.78, 5) is 41.9. The third-order valence-corrected chi connectivity index (χ3v) is 9.19. The standard InChI is InChI=1S/C34H41N3O5S/c1-25-13-10-11-16-29(25)23-36(33(39)24-37(43(3,41)42)31-20-12-17-28(22-31)26(2)38)32(21-27-14-6-4-7-15-27)34(40)35-30-18-8-5-9-19-30/h4,6-7,10-17,20,22,30,32H,5,8-9,18-19,21,23-24H2,1-3H3,(H,35,40). The first kappa shape index (κ1) is 31.9. The van der Waals surface area contributed by atoms with Crippen LogP contribution in [-0.4, -0.2) is 55.8 Å². The summed E-state index contributed by atoms with van der Waals surface area (Å²) in [5, 5.41) is 3.21. The van der Waals surface area contributed by atoms with Crippen molar-refractivity contribution >= 4 is 33.3 Å². The smallest absolute Gasteiger partial charge is 0.244 e. The summed E-state index contributed by atoms with van der Waals surface area (Å²) in [5.74, 6) is -0.978. The number of sulfonamides is 1. The SMILES string of the molecule is CC(=O)c1cccc(N(CC(=O)N(Cc2ccccc2C)C(Cc2ccccc2)C(=O)NC2CCCCC2)S(C)(=O)=O)c1. The van der Waals surface area contributed by atoms with E-state index in [1.165, 1.54) is 17.9 Å². The van der Waals surface area contributed by atoms with Gasteiger partial charge in [0.1, 0.15) is 12.6 Å². The van der Waals surface area contributed by atoms with E-state index in [-0.39, 0.29) is 36.4 Å². The van der Waals surface area contributed by atoms with Crippen molar-refractivity contribution in [2.75, 3.05) is 17.1 Å². The van der Waals surface area contributed by atoms with Crippen LogP contribution in [0.15, 0.2) is 78.9 Å². The van der Waals surface area contributed by atoms with E-state index in [2.05, 4.69) is 5.32 Å². The quantitative estimate of drug-likeness (QED) is 0.292. The van der Waals surface area contributed by atoms with E-state index in [9.17, 15) is 22.8 Å². The van der Waals surface area contributed by atoms with Gasteiger partial charge in [0, 0.05) is 24.6 Å². The number of nitrogens with one attached hydrogen (secondary N) is 1. The second-order valence-electron chi connectivity index (χ2n) is 11.4. The van der Waals surface area contributed by atoms with Gasteiger partial charge in [-0.15, -0.1) is 0 Å². The number of Topliss-reactive ketones (excluding diaryl/α,β-unsaturated/α-hetero) is 1. The Balaban J connectivity index is 1.74. The Morgan fingerprint density at radius 1 is 0.907 bits per heavy atom. The van der Waals surface area contributed by atoms with Gasteiger partial charge in [-0.05, 0) is 55.5 Å². The van der Waals surface area contributed by atoms with Gasteiger partial charge in [0.15, 0.2) is 5.78 Å². The van der Waals surface area contributed by atoms with E-state index in [0.717, 1.165) is 59.4 Å². The normalized spacial score (nSPS) is 14.5. The van der Waals surface area contributed by atoms with Crippen LogP contribution in [0.25, 0.3) is 0 Å². The Hall–Kier alpha value is -3.98. The molecule has 1 aliphatic rings. The molecule has 0 radical (unpaired) electrons. The monoisotopic (exact) mass is 603 g/mol. The van der Waals surface area contributed by atoms with Crippen LogP contribution in [0, 0.1) is 6.92 Å². The summed E-state index contributed by atoms with van der Waals surface area (Å²) in [5.41, 5.74) is 3.27. The summed E-state index contributed by atoms with van der Waals surface area (Å²) < 4.78 is 27.1. The van der Waals surface area contributed by atoms with Gasteiger partial charge < -0.3 is 10.2 Å². The topological polar surface area (TPSA) is 104 Å². The number of carbonyl (C=O) groups is 3. The van der Waals surface area contributed by atoms with Crippen LogP contribution >= 0.6 is 0 Å². The number of carbonyl (C=O) groups excluding carboxylic acids is 3. The highest BCUT2D eigenvalue weighted by Crippen LogP contribution is 2.23. The Morgan fingerprint density at radius 3 is 2.23 bits per heavy atom. The maximum atomic E-state index is 14.3. The number of benzene rings is 3. The Kier molecular flexibility index (Phi) is 10.7. The van der Waals surface area contributed by atoms with Gasteiger partial charge in [0.2, 0.25) is 21.8 Å². The van der Waals surface area contributed by atoms with Crippen molar-refractivity contribution in [3.8, 4) is 0 Å². The lowest BCUT2D eigenvalue weighted by Gasteiger charge is -2.35. The first-order chi connectivity index (χ1) is 20.5. The fourth-order valence-electron chi connectivity index (χ4n) is 5.56. The van der Waals surface area contributed by atoms with Gasteiger partial charge >= 0.3 is 0 Å². The second kappa shape index (κ2) is 14.5.